The van der Waals surface area contributed by atoms with Gasteiger partial charge in [-0.05, 0) is 37.3 Å². The van der Waals surface area contributed by atoms with Crippen molar-refractivity contribution < 1.29 is 14.7 Å². The van der Waals surface area contributed by atoms with Crippen LogP contribution in [-0.4, -0.2) is 35.1 Å². The van der Waals surface area contributed by atoms with E-state index in [1.807, 2.05) is 0 Å². The fourth-order valence-electron chi connectivity index (χ4n) is 2.74. The van der Waals surface area contributed by atoms with Gasteiger partial charge >= 0.3 is 12.0 Å². The molecular formula is C16H22N2O3. The Balaban J connectivity index is 2.08. The van der Waals surface area contributed by atoms with Crippen molar-refractivity contribution in [2.75, 3.05) is 18.4 Å². The fraction of sp³-hybridized carbons (Fsp3) is 0.500. The molecule has 2 N–H and O–H groups in total. The van der Waals surface area contributed by atoms with Gasteiger partial charge in [0.1, 0.15) is 0 Å². The number of carbonyl (C=O) groups excluding carboxylic acids is 1. The molecule has 0 atom stereocenters. The Kier molecular flexibility index (Phi) is 4.83. The molecule has 5 heteroatoms. The summed E-state index contributed by atoms with van der Waals surface area (Å²) in [5.41, 5.74) is 1.28. The molecule has 2 amide bonds. The highest BCUT2D eigenvalue weighted by molar-refractivity contribution is 6.01. The third-order valence-electron chi connectivity index (χ3n) is 4.21. The van der Waals surface area contributed by atoms with Crippen molar-refractivity contribution in [1.82, 2.24) is 4.90 Å². The topological polar surface area (TPSA) is 69.6 Å². The number of aromatic carboxylic acids is 1. The van der Waals surface area contributed by atoms with Crippen LogP contribution in [-0.2, 0) is 0 Å². The molecule has 0 aliphatic carbocycles. The fourth-order valence-corrected chi connectivity index (χ4v) is 2.74. The van der Waals surface area contributed by atoms with Gasteiger partial charge in [0.05, 0.1) is 11.3 Å². The van der Waals surface area contributed by atoms with Gasteiger partial charge < -0.3 is 15.3 Å². The molecule has 1 aromatic carbocycles. The zero-order chi connectivity index (χ0) is 15.4. The van der Waals surface area contributed by atoms with E-state index in [9.17, 15) is 14.7 Å². The number of carboxylic acid groups (broad SMARTS) is 1. The van der Waals surface area contributed by atoms with E-state index in [0.29, 0.717) is 11.6 Å². The maximum atomic E-state index is 12.3. The first-order chi connectivity index (χ1) is 10.0. The Morgan fingerprint density at radius 3 is 2.57 bits per heavy atom. The third-order valence-corrected chi connectivity index (χ3v) is 4.21. The van der Waals surface area contributed by atoms with Crippen LogP contribution in [0.2, 0.25) is 0 Å². The maximum absolute atomic E-state index is 12.3. The second kappa shape index (κ2) is 6.61. The van der Waals surface area contributed by atoms with Gasteiger partial charge in [0.15, 0.2) is 0 Å². The summed E-state index contributed by atoms with van der Waals surface area (Å²) < 4.78 is 0. The van der Waals surface area contributed by atoms with Crippen LogP contribution in [0.5, 0.6) is 0 Å². The van der Waals surface area contributed by atoms with Crippen LogP contribution in [0, 0.1) is 12.8 Å². The molecule has 1 heterocycles. The Labute approximate surface area is 125 Å². The lowest BCUT2D eigenvalue weighted by Crippen LogP contribution is -2.41. The molecule has 5 nitrogen and oxygen atoms in total. The smallest absolute Gasteiger partial charge is 0.337 e. The molecule has 1 aromatic rings. The van der Waals surface area contributed by atoms with E-state index in [1.165, 1.54) is 6.07 Å². The van der Waals surface area contributed by atoms with Crippen molar-refractivity contribution in [3.63, 3.8) is 0 Å². The standard InChI is InChI=1S/C16H22N2O3/c1-3-12-7-9-18(10-8-12)16(21)17-14-11(2)5-4-6-13(14)15(19)20/h4-6,12H,3,7-10H2,1-2H3,(H,17,21)(H,19,20). The van der Waals surface area contributed by atoms with Gasteiger partial charge in [-0.3, -0.25) is 0 Å². The number of carboxylic acids is 1. The minimum Gasteiger partial charge on any atom is -0.478 e. The maximum Gasteiger partial charge on any atom is 0.337 e. The van der Waals surface area contributed by atoms with Gasteiger partial charge in [0.25, 0.3) is 0 Å². The van der Waals surface area contributed by atoms with Crippen LogP contribution in [0.1, 0.15) is 42.1 Å². The number of rotatable bonds is 3. The first-order valence-electron chi connectivity index (χ1n) is 7.41. The molecule has 0 radical (unpaired) electrons. The van der Waals surface area contributed by atoms with Crippen molar-refractivity contribution in [2.45, 2.75) is 33.1 Å². The van der Waals surface area contributed by atoms with E-state index < -0.39 is 5.97 Å². The number of nitrogens with zero attached hydrogens (tertiary/aromatic N) is 1. The third kappa shape index (κ3) is 3.54. The van der Waals surface area contributed by atoms with Gasteiger partial charge in [0, 0.05) is 13.1 Å². The predicted molar refractivity (Wildman–Crippen MR) is 81.7 cm³/mol. The summed E-state index contributed by atoms with van der Waals surface area (Å²) in [7, 11) is 0. The summed E-state index contributed by atoms with van der Waals surface area (Å²) in [4.78, 5) is 25.3. The number of piperidine rings is 1. The molecular weight excluding hydrogens is 268 g/mol. The monoisotopic (exact) mass is 290 g/mol. The van der Waals surface area contributed by atoms with Crippen LogP contribution >= 0.6 is 0 Å². The molecule has 21 heavy (non-hydrogen) atoms. The predicted octanol–water partition coefficient (Wildman–Crippen LogP) is 3.35. The number of para-hydroxylation sites is 1. The van der Waals surface area contributed by atoms with Crippen LogP contribution in [0.4, 0.5) is 10.5 Å². The summed E-state index contributed by atoms with van der Waals surface area (Å²) in [5.74, 6) is -0.333. The van der Waals surface area contributed by atoms with Crippen molar-refractivity contribution in [3.8, 4) is 0 Å². The minimum absolute atomic E-state index is 0.131. The first kappa shape index (κ1) is 15.4. The largest absolute Gasteiger partial charge is 0.478 e. The van der Waals surface area contributed by atoms with E-state index in [4.69, 9.17) is 0 Å². The van der Waals surface area contributed by atoms with Crippen LogP contribution in [0.25, 0.3) is 0 Å². The Morgan fingerprint density at radius 2 is 2.00 bits per heavy atom. The van der Waals surface area contributed by atoms with Gasteiger partial charge in [-0.15, -0.1) is 0 Å². The van der Waals surface area contributed by atoms with Crippen LogP contribution < -0.4 is 5.32 Å². The lowest BCUT2D eigenvalue weighted by molar-refractivity contribution is 0.0698. The Bertz CT molecular complexity index is 534. The van der Waals surface area contributed by atoms with Crippen molar-refractivity contribution >= 4 is 17.7 Å². The number of urea groups is 1. The minimum atomic E-state index is -1.03. The van der Waals surface area contributed by atoms with Crippen molar-refractivity contribution in [2.24, 2.45) is 5.92 Å². The van der Waals surface area contributed by atoms with Crippen molar-refractivity contribution in [1.29, 1.82) is 0 Å². The van der Waals surface area contributed by atoms with Gasteiger partial charge in [-0.1, -0.05) is 25.5 Å². The molecule has 1 saturated heterocycles. The molecule has 0 bridgehead atoms. The molecule has 0 saturated carbocycles. The SMILES string of the molecule is CCC1CCN(C(=O)Nc2c(C)cccc2C(=O)O)CC1. The van der Waals surface area contributed by atoms with Gasteiger partial charge in [0.2, 0.25) is 0 Å². The summed E-state index contributed by atoms with van der Waals surface area (Å²) >= 11 is 0. The van der Waals surface area contributed by atoms with E-state index in [-0.39, 0.29) is 11.6 Å². The molecule has 1 aliphatic rings. The Hall–Kier alpha value is -2.04. The number of benzene rings is 1. The first-order valence-corrected chi connectivity index (χ1v) is 7.41. The summed E-state index contributed by atoms with van der Waals surface area (Å²) in [6.45, 7) is 5.44. The number of hydrogen-bond donors (Lipinski definition) is 2. The zero-order valence-electron chi connectivity index (χ0n) is 12.6. The van der Waals surface area contributed by atoms with E-state index in [1.54, 1.807) is 24.0 Å². The second-order valence-electron chi connectivity index (χ2n) is 5.57. The quantitative estimate of drug-likeness (QED) is 0.897. The highest BCUT2D eigenvalue weighted by atomic mass is 16.4. The number of likely N-dealkylation sites (tertiary alicyclic amines) is 1. The van der Waals surface area contributed by atoms with Crippen LogP contribution in [0.3, 0.4) is 0 Å². The highest BCUT2D eigenvalue weighted by Gasteiger charge is 2.23. The number of amides is 2. The van der Waals surface area contributed by atoms with E-state index in [0.717, 1.165) is 37.9 Å². The van der Waals surface area contributed by atoms with Gasteiger partial charge in [-0.2, -0.15) is 0 Å². The molecule has 0 unspecified atom stereocenters. The number of aryl methyl sites for hydroxylation is 1. The average Bonchev–Trinajstić information content (AvgIpc) is 2.49. The highest BCUT2D eigenvalue weighted by Crippen LogP contribution is 2.23. The second-order valence-corrected chi connectivity index (χ2v) is 5.57. The van der Waals surface area contributed by atoms with E-state index >= 15 is 0 Å². The number of anilines is 1. The van der Waals surface area contributed by atoms with Gasteiger partial charge in [-0.25, -0.2) is 9.59 Å². The molecule has 114 valence electrons. The number of hydrogen-bond acceptors (Lipinski definition) is 2. The molecule has 1 aliphatic heterocycles. The van der Waals surface area contributed by atoms with Crippen molar-refractivity contribution in [3.05, 3.63) is 29.3 Å². The molecule has 2 rings (SSSR count). The van der Waals surface area contributed by atoms with E-state index in [2.05, 4.69) is 12.2 Å². The molecule has 0 spiro atoms. The number of carbonyl (C=O) groups is 2. The summed E-state index contributed by atoms with van der Waals surface area (Å²) in [6.07, 6.45) is 3.18. The molecule has 1 fully saturated rings. The molecule has 0 aromatic heterocycles. The summed E-state index contributed by atoms with van der Waals surface area (Å²) in [6, 6.07) is 4.78. The zero-order valence-corrected chi connectivity index (χ0v) is 12.6. The Morgan fingerprint density at radius 1 is 1.33 bits per heavy atom. The lowest BCUT2D eigenvalue weighted by Gasteiger charge is -2.31. The summed E-state index contributed by atoms with van der Waals surface area (Å²) in [5, 5.41) is 12.0. The number of nitrogens with one attached hydrogen (secondary N) is 1. The van der Waals surface area contributed by atoms with Crippen LogP contribution in [0.15, 0.2) is 18.2 Å². The average molecular weight is 290 g/mol. The lowest BCUT2D eigenvalue weighted by atomic mass is 9.95. The normalized spacial score (nSPS) is 15.8.